The molecule has 1 saturated heterocycles. The van der Waals surface area contributed by atoms with Crippen LogP contribution in [0, 0.1) is 5.92 Å². The molecule has 1 aliphatic heterocycles. The van der Waals surface area contributed by atoms with E-state index in [0.29, 0.717) is 12.5 Å². The standard InChI is InChI=1S/C23H23NOP/c1-17(2)21-16-25-23(24-21)20-14-9-15-22(20)26(18-10-5-3-6-11-18)19-12-7-4-8-13-19/h3-15,17,21H,16H2,1-2H3/b23-20-. The Morgan fingerprint density at radius 2 is 1.58 bits per heavy atom. The summed E-state index contributed by atoms with van der Waals surface area (Å²) in [5, 5.41) is 8.88. The van der Waals surface area contributed by atoms with Crippen LogP contribution in [0.1, 0.15) is 13.8 Å². The average Bonchev–Trinajstić information content (AvgIpc) is 3.33. The molecular formula is C23H23NOP. The minimum atomic E-state index is -0.636. The van der Waals surface area contributed by atoms with Crippen LogP contribution < -0.4 is 15.9 Å². The molecule has 0 saturated carbocycles. The molecular weight excluding hydrogens is 337 g/mol. The Labute approximate surface area is 157 Å². The maximum absolute atomic E-state index is 5.99. The fourth-order valence-corrected chi connectivity index (χ4v) is 5.69. The maximum atomic E-state index is 5.99. The summed E-state index contributed by atoms with van der Waals surface area (Å²) < 4.78 is 5.99. The van der Waals surface area contributed by atoms with Crippen molar-refractivity contribution in [1.82, 2.24) is 5.32 Å². The Bertz CT molecular complexity index is 813. The molecule has 1 fully saturated rings. The zero-order chi connectivity index (χ0) is 17.9. The van der Waals surface area contributed by atoms with Crippen LogP contribution in [0.3, 0.4) is 0 Å². The Hall–Kier alpha value is -2.31. The van der Waals surface area contributed by atoms with Gasteiger partial charge in [-0.25, -0.2) is 5.32 Å². The van der Waals surface area contributed by atoms with Crippen molar-refractivity contribution in [3.63, 3.8) is 0 Å². The molecule has 2 aliphatic rings. The molecule has 1 heterocycles. The van der Waals surface area contributed by atoms with E-state index in [2.05, 4.69) is 92.7 Å². The normalized spacial score (nSPS) is 21.8. The van der Waals surface area contributed by atoms with Gasteiger partial charge in [0.2, 0.25) is 5.88 Å². The second kappa shape index (κ2) is 7.51. The fraction of sp³-hybridized carbons (Fsp3) is 0.217. The SMILES string of the molecule is CC(C)C1CO/C(=C2/C=CC=C2P(c2ccccc2)c2ccccc2)[N]1. The molecule has 2 aromatic carbocycles. The van der Waals surface area contributed by atoms with Crippen LogP contribution in [-0.2, 0) is 4.74 Å². The molecule has 0 spiro atoms. The van der Waals surface area contributed by atoms with Crippen molar-refractivity contribution in [2.24, 2.45) is 5.92 Å². The van der Waals surface area contributed by atoms with E-state index in [1.807, 2.05) is 0 Å². The van der Waals surface area contributed by atoms with Crippen molar-refractivity contribution in [3.8, 4) is 0 Å². The first-order valence-corrected chi connectivity index (χ1v) is 10.4. The highest BCUT2D eigenvalue weighted by atomic mass is 31.1. The van der Waals surface area contributed by atoms with Crippen molar-refractivity contribution in [1.29, 1.82) is 0 Å². The molecule has 4 rings (SSSR count). The Morgan fingerprint density at radius 3 is 2.12 bits per heavy atom. The number of nitrogens with zero attached hydrogens (tertiary/aromatic N) is 1. The third kappa shape index (κ3) is 3.34. The van der Waals surface area contributed by atoms with Gasteiger partial charge >= 0.3 is 0 Å². The van der Waals surface area contributed by atoms with Gasteiger partial charge in [-0.2, -0.15) is 0 Å². The second-order valence-electron chi connectivity index (χ2n) is 6.89. The van der Waals surface area contributed by atoms with Crippen molar-refractivity contribution >= 4 is 18.5 Å². The highest BCUT2D eigenvalue weighted by Crippen LogP contribution is 2.49. The van der Waals surface area contributed by atoms with Crippen molar-refractivity contribution < 1.29 is 4.74 Å². The van der Waals surface area contributed by atoms with E-state index in [0.717, 1.165) is 11.5 Å². The smallest absolute Gasteiger partial charge is 0.217 e. The number of hydrogen-bond donors (Lipinski definition) is 0. The molecule has 26 heavy (non-hydrogen) atoms. The summed E-state index contributed by atoms with van der Waals surface area (Å²) in [6, 6.07) is 21.8. The molecule has 0 amide bonds. The van der Waals surface area contributed by atoms with Gasteiger partial charge < -0.3 is 4.74 Å². The largest absolute Gasteiger partial charge is 0.475 e. The lowest BCUT2D eigenvalue weighted by Crippen LogP contribution is -2.23. The van der Waals surface area contributed by atoms with E-state index < -0.39 is 7.92 Å². The van der Waals surface area contributed by atoms with E-state index >= 15 is 0 Å². The molecule has 1 radical (unpaired) electrons. The van der Waals surface area contributed by atoms with E-state index in [1.165, 1.54) is 15.9 Å². The van der Waals surface area contributed by atoms with Crippen LogP contribution in [0.4, 0.5) is 0 Å². The average molecular weight is 360 g/mol. The molecule has 1 aliphatic carbocycles. The van der Waals surface area contributed by atoms with Crippen molar-refractivity contribution in [3.05, 3.63) is 95.7 Å². The molecule has 131 valence electrons. The van der Waals surface area contributed by atoms with Gasteiger partial charge in [0.25, 0.3) is 0 Å². The van der Waals surface area contributed by atoms with E-state index in [9.17, 15) is 0 Å². The molecule has 3 heteroatoms. The topological polar surface area (TPSA) is 23.3 Å². The highest BCUT2D eigenvalue weighted by molar-refractivity contribution is 7.77. The number of rotatable bonds is 4. The number of hydrogen-bond acceptors (Lipinski definition) is 1. The van der Waals surface area contributed by atoms with Gasteiger partial charge in [-0.3, -0.25) is 0 Å². The number of benzene rings is 2. The molecule has 2 nitrogen and oxygen atoms in total. The predicted octanol–water partition coefficient (Wildman–Crippen LogP) is 4.44. The lowest BCUT2D eigenvalue weighted by Gasteiger charge is -2.22. The molecule has 0 bridgehead atoms. The molecule has 0 aromatic heterocycles. The zero-order valence-corrected chi connectivity index (χ0v) is 16.1. The number of ether oxygens (including phenoxy) is 1. The first kappa shape index (κ1) is 17.1. The van der Waals surface area contributed by atoms with Crippen LogP contribution in [-0.4, -0.2) is 12.6 Å². The fourth-order valence-electron chi connectivity index (χ4n) is 3.25. The second-order valence-corrected chi connectivity index (χ2v) is 9.07. The predicted molar refractivity (Wildman–Crippen MR) is 110 cm³/mol. The van der Waals surface area contributed by atoms with Crippen LogP contribution >= 0.6 is 7.92 Å². The Morgan fingerprint density at radius 1 is 0.962 bits per heavy atom. The van der Waals surface area contributed by atoms with E-state index in [4.69, 9.17) is 10.1 Å². The van der Waals surface area contributed by atoms with Gasteiger partial charge in [-0.05, 0) is 35.8 Å². The van der Waals surface area contributed by atoms with Gasteiger partial charge in [0.05, 0.1) is 6.04 Å². The van der Waals surface area contributed by atoms with E-state index in [-0.39, 0.29) is 6.04 Å². The van der Waals surface area contributed by atoms with Crippen LogP contribution in [0.25, 0.3) is 0 Å². The lowest BCUT2D eigenvalue weighted by atomic mass is 10.1. The summed E-state index contributed by atoms with van der Waals surface area (Å²) >= 11 is 0. The minimum Gasteiger partial charge on any atom is -0.475 e. The van der Waals surface area contributed by atoms with Gasteiger partial charge in [0.1, 0.15) is 6.61 Å². The summed E-state index contributed by atoms with van der Waals surface area (Å²) in [6.45, 7) is 5.09. The molecule has 1 atom stereocenters. The highest BCUT2D eigenvalue weighted by Gasteiger charge is 2.31. The maximum Gasteiger partial charge on any atom is 0.217 e. The van der Waals surface area contributed by atoms with E-state index in [1.54, 1.807) is 0 Å². The summed E-state index contributed by atoms with van der Waals surface area (Å²) in [5.74, 6) is 1.30. The number of allylic oxidation sites excluding steroid dienone is 5. The van der Waals surface area contributed by atoms with Crippen molar-refractivity contribution in [2.75, 3.05) is 6.61 Å². The first-order chi connectivity index (χ1) is 12.7. The molecule has 0 N–H and O–H groups in total. The minimum absolute atomic E-state index is 0.257. The van der Waals surface area contributed by atoms with Gasteiger partial charge in [0.15, 0.2) is 0 Å². The summed E-state index contributed by atoms with van der Waals surface area (Å²) in [6.07, 6.45) is 6.51. The first-order valence-electron chi connectivity index (χ1n) is 9.11. The van der Waals surface area contributed by atoms with Crippen LogP contribution in [0.15, 0.2) is 95.7 Å². The quantitative estimate of drug-likeness (QED) is 0.739. The lowest BCUT2D eigenvalue weighted by molar-refractivity contribution is 0.242. The Balaban J connectivity index is 1.75. The zero-order valence-electron chi connectivity index (χ0n) is 15.2. The van der Waals surface area contributed by atoms with Crippen LogP contribution in [0.2, 0.25) is 0 Å². The third-order valence-corrected chi connectivity index (χ3v) is 7.24. The molecule has 2 aromatic rings. The summed E-state index contributed by atoms with van der Waals surface area (Å²) in [7, 11) is -0.636. The van der Waals surface area contributed by atoms with Crippen LogP contribution in [0.5, 0.6) is 0 Å². The Kier molecular flexibility index (Phi) is 4.95. The summed E-state index contributed by atoms with van der Waals surface area (Å²) in [5.41, 5.74) is 1.15. The molecule has 1 unspecified atom stereocenters. The van der Waals surface area contributed by atoms with Gasteiger partial charge in [-0.15, -0.1) is 0 Å². The van der Waals surface area contributed by atoms with Gasteiger partial charge in [0, 0.05) is 5.57 Å². The summed E-state index contributed by atoms with van der Waals surface area (Å²) in [4.78, 5) is 0. The van der Waals surface area contributed by atoms with Gasteiger partial charge in [-0.1, -0.05) is 86.7 Å². The third-order valence-electron chi connectivity index (χ3n) is 4.74. The monoisotopic (exact) mass is 360 g/mol. The van der Waals surface area contributed by atoms with Crippen molar-refractivity contribution in [2.45, 2.75) is 19.9 Å².